The molecule has 0 fully saturated rings. The van der Waals surface area contributed by atoms with Gasteiger partial charge < -0.3 is 10.6 Å². The molecule has 1 atom stereocenters. The minimum absolute atomic E-state index is 0.0176. The average molecular weight is 647 g/mol. The molecule has 4 aromatic carbocycles. The number of hydrogen-bond acceptors (Lipinski definition) is 7. The highest BCUT2D eigenvalue weighted by molar-refractivity contribution is 8.00. The molecule has 0 aliphatic heterocycles. The predicted octanol–water partition coefficient (Wildman–Crippen LogP) is 6.47. The first-order valence-corrected chi connectivity index (χ1v) is 16.1. The molecule has 5 rings (SSSR count). The Morgan fingerprint density at radius 1 is 0.841 bits per heavy atom. The highest BCUT2D eigenvalue weighted by atomic mass is 35.5. The quantitative estimate of drug-likeness (QED) is 0.148. The van der Waals surface area contributed by atoms with E-state index in [-0.39, 0.29) is 27.4 Å². The van der Waals surface area contributed by atoms with Gasteiger partial charge in [0.25, 0.3) is 10.0 Å². The van der Waals surface area contributed by atoms with Gasteiger partial charge in [-0.25, -0.2) is 8.42 Å². The van der Waals surface area contributed by atoms with Crippen LogP contribution in [0, 0.1) is 0 Å². The molecular formula is C31H27ClN6O4S2. The van der Waals surface area contributed by atoms with Gasteiger partial charge in [0.05, 0.1) is 20.9 Å². The van der Waals surface area contributed by atoms with Crippen molar-refractivity contribution in [2.45, 2.75) is 29.1 Å². The molecule has 44 heavy (non-hydrogen) atoms. The van der Waals surface area contributed by atoms with E-state index in [0.29, 0.717) is 27.9 Å². The van der Waals surface area contributed by atoms with Crippen molar-refractivity contribution in [2.24, 2.45) is 0 Å². The highest BCUT2D eigenvalue weighted by Gasteiger charge is 2.23. The number of aromatic nitrogens is 3. The van der Waals surface area contributed by atoms with Gasteiger partial charge in [0, 0.05) is 29.5 Å². The summed E-state index contributed by atoms with van der Waals surface area (Å²) < 4.78 is 30.8. The van der Waals surface area contributed by atoms with Crippen LogP contribution in [0.3, 0.4) is 0 Å². The van der Waals surface area contributed by atoms with Crippen LogP contribution < -0.4 is 15.4 Å². The zero-order chi connectivity index (χ0) is 31.3. The van der Waals surface area contributed by atoms with Crippen LogP contribution in [0.15, 0.2) is 113 Å². The lowest BCUT2D eigenvalue weighted by Crippen LogP contribution is -2.23. The van der Waals surface area contributed by atoms with Gasteiger partial charge in [0.15, 0.2) is 11.0 Å². The van der Waals surface area contributed by atoms with E-state index in [1.165, 1.54) is 30.8 Å². The van der Waals surface area contributed by atoms with Gasteiger partial charge in [-0.3, -0.25) is 18.9 Å². The van der Waals surface area contributed by atoms with Gasteiger partial charge in [-0.15, -0.1) is 10.2 Å². The lowest BCUT2D eigenvalue weighted by molar-refractivity contribution is -0.115. The van der Waals surface area contributed by atoms with Gasteiger partial charge in [-0.05, 0) is 67.6 Å². The molecule has 10 nitrogen and oxygen atoms in total. The fourth-order valence-corrected chi connectivity index (χ4v) is 6.42. The van der Waals surface area contributed by atoms with E-state index < -0.39 is 15.3 Å². The van der Waals surface area contributed by atoms with Crippen molar-refractivity contribution in [3.05, 3.63) is 108 Å². The molecule has 0 bridgehead atoms. The van der Waals surface area contributed by atoms with Crippen molar-refractivity contribution in [1.29, 1.82) is 0 Å². The number of hydrogen-bond donors (Lipinski definition) is 3. The molecule has 3 N–H and O–H groups in total. The second kappa shape index (κ2) is 13.3. The Kier molecular flexibility index (Phi) is 9.33. The van der Waals surface area contributed by atoms with E-state index in [1.54, 1.807) is 72.2 Å². The van der Waals surface area contributed by atoms with E-state index in [0.717, 1.165) is 5.69 Å². The monoisotopic (exact) mass is 646 g/mol. The van der Waals surface area contributed by atoms with Gasteiger partial charge in [0.2, 0.25) is 11.8 Å². The predicted molar refractivity (Wildman–Crippen MR) is 174 cm³/mol. The number of nitrogens with zero attached hydrogens (tertiary/aromatic N) is 3. The SMILES string of the molecule is CC(=O)Nc1ccc(NC(=O)C(C)Sc2nnc(-c3cccc(S(=O)(=O)Nc4ccccc4Cl)c3)n2-c2ccccc2)cc1. The van der Waals surface area contributed by atoms with Gasteiger partial charge in [-0.1, -0.05) is 65.8 Å². The third-order valence-corrected chi connectivity index (χ3v) is 9.03. The fourth-order valence-electron chi connectivity index (χ4n) is 4.19. The second-order valence-corrected chi connectivity index (χ2v) is 13.0. The zero-order valence-electron chi connectivity index (χ0n) is 23.6. The summed E-state index contributed by atoms with van der Waals surface area (Å²) in [5, 5.41) is 14.5. The molecule has 5 aromatic rings. The molecule has 2 amide bonds. The Balaban J connectivity index is 1.42. The maximum absolute atomic E-state index is 13.3. The van der Waals surface area contributed by atoms with E-state index in [2.05, 4.69) is 25.6 Å². The highest BCUT2D eigenvalue weighted by Crippen LogP contribution is 2.32. The van der Waals surface area contributed by atoms with E-state index in [9.17, 15) is 18.0 Å². The van der Waals surface area contributed by atoms with Crippen LogP contribution >= 0.6 is 23.4 Å². The summed E-state index contributed by atoms with van der Waals surface area (Å²) in [5.41, 5.74) is 2.70. The summed E-state index contributed by atoms with van der Waals surface area (Å²) in [6.45, 7) is 3.18. The summed E-state index contributed by atoms with van der Waals surface area (Å²) in [6, 6.07) is 29.1. The standard InChI is InChI=1S/C31H27ClN6O4S2/c1-20(30(40)34-24-17-15-23(16-18-24)33-21(2)39)43-31-36-35-29(38(31)25-10-4-3-5-11-25)22-9-8-12-26(19-22)44(41,42)37-28-14-7-6-13-27(28)32/h3-20,37H,1-2H3,(H,33,39)(H,34,40). The summed E-state index contributed by atoms with van der Waals surface area (Å²) >= 11 is 7.38. The Labute approximate surface area is 263 Å². The molecule has 0 aliphatic carbocycles. The molecule has 0 aliphatic rings. The van der Waals surface area contributed by atoms with E-state index in [1.807, 2.05) is 30.3 Å². The first-order chi connectivity index (χ1) is 21.1. The Morgan fingerprint density at radius 2 is 1.50 bits per heavy atom. The van der Waals surface area contributed by atoms with Crippen LogP contribution in [0.2, 0.25) is 5.02 Å². The number of rotatable bonds is 10. The lowest BCUT2D eigenvalue weighted by Gasteiger charge is -2.15. The molecule has 1 unspecified atom stereocenters. The van der Waals surface area contributed by atoms with E-state index in [4.69, 9.17) is 11.6 Å². The molecule has 0 radical (unpaired) electrons. The van der Waals surface area contributed by atoms with Crippen molar-refractivity contribution in [2.75, 3.05) is 15.4 Å². The van der Waals surface area contributed by atoms with Crippen LogP contribution in [-0.4, -0.2) is 40.2 Å². The van der Waals surface area contributed by atoms with Gasteiger partial charge in [0.1, 0.15) is 0 Å². The number of halogens is 1. The molecule has 0 saturated carbocycles. The van der Waals surface area contributed by atoms with Crippen LogP contribution in [0.1, 0.15) is 13.8 Å². The average Bonchev–Trinajstić information content (AvgIpc) is 3.43. The number of para-hydroxylation sites is 2. The molecule has 1 heterocycles. The summed E-state index contributed by atoms with van der Waals surface area (Å²) in [5.74, 6) is -0.0457. The Morgan fingerprint density at radius 3 is 2.18 bits per heavy atom. The molecule has 0 saturated heterocycles. The fraction of sp³-hybridized carbons (Fsp3) is 0.0968. The first kappa shape index (κ1) is 30.8. The van der Waals surface area contributed by atoms with Crippen molar-refractivity contribution in [3.8, 4) is 17.1 Å². The molecule has 13 heteroatoms. The number of benzene rings is 4. The van der Waals surface area contributed by atoms with Crippen LogP contribution in [0.4, 0.5) is 17.1 Å². The van der Waals surface area contributed by atoms with Crippen LogP contribution in [-0.2, 0) is 19.6 Å². The van der Waals surface area contributed by atoms with Crippen molar-refractivity contribution in [1.82, 2.24) is 14.8 Å². The summed E-state index contributed by atoms with van der Waals surface area (Å²) in [6.07, 6.45) is 0. The van der Waals surface area contributed by atoms with Crippen LogP contribution in [0.25, 0.3) is 17.1 Å². The lowest BCUT2D eigenvalue weighted by atomic mass is 10.2. The molecule has 0 spiro atoms. The minimum Gasteiger partial charge on any atom is -0.326 e. The van der Waals surface area contributed by atoms with Gasteiger partial charge >= 0.3 is 0 Å². The minimum atomic E-state index is -3.98. The molecular weight excluding hydrogens is 620 g/mol. The third kappa shape index (κ3) is 7.28. The number of thioether (sulfide) groups is 1. The molecule has 224 valence electrons. The Bertz CT molecular complexity index is 1920. The number of sulfonamides is 1. The summed E-state index contributed by atoms with van der Waals surface area (Å²) in [7, 11) is -3.98. The zero-order valence-corrected chi connectivity index (χ0v) is 26.0. The van der Waals surface area contributed by atoms with E-state index >= 15 is 0 Å². The summed E-state index contributed by atoms with van der Waals surface area (Å²) in [4.78, 5) is 24.4. The second-order valence-electron chi connectivity index (χ2n) is 9.60. The van der Waals surface area contributed by atoms with Crippen LogP contribution in [0.5, 0.6) is 0 Å². The maximum atomic E-state index is 13.3. The van der Waals surface area contributed by atoms with Crippen molar-refractivity contribution < 1.29 is 18.0 Å². The maximum Gasteiger partial charge on any atom is 0.261 e. The van der Waals surface area contributed by atoms with Gasteiger partial charge in [-0.2, -0.15) is 0 Å². The molecule has 1 aromatic heterocycles. The van der Waals surface area contributed by atoms with Crippen molar-refractivity contribution >= 4 is 62.3 Å². The van der Waals surface area contributed by atoms with Crippen molar-refractivity contribution in [3.63, 3.8) is 0 Å². The third-order valence-electron chi connectivity index (χ3n) is 6.29. The normalized spacial score (nSPS) is 11.9. The first-order valence-electron chi connectivity index (χ1n) is 13.3. The number of carbonyl (C=O) groups is 2. The number of carbonyl (C=O) groups excluding carboxylic acids is 2. The number of anilines is 3. The smallest absolute Gasteiger partial charge is 0.261 e. The largest absolute Gasteiger partial charge is 0.326 e. The number of amides is 2. The Hall–Kier alpha value is -4.65. The number of nitrogens with one attached hydrogen (secondary N) is 3. The topological polar surface area (TPSA) is 135 Å².